The van der Waals surface area contributed by atoms with Gasteiger partial charge in [0.1, 0.15) is 9.88 Å². The molecule has 1 saturated heterocycles. The van der Waals surface area contributed by atoms with Gasteiger partial charge in [0.2, 0.25) is 0 Å². The van der Waals surface area contributed by atoms with Gasteiger partial charge in [-0.1, -0.05) is 0 Å². The number of carbonyl (C=O) groups is 1. The van der Waals surface area contributed by atoms with E-state index in [0.717, 1.165) is 35.8 Å². The maximum Gasteiger partial charge on any atom is 0.350 e. The highest BCUT2D eigenvalue weighted by molar-refractivity contribution is 7.99. The molecule has 4 N–H and O–H groups in total. The monoisotopic (exact) mass is 301 g/mol. The van der Waals surface area contributed by atoms with Gasteiger partial charge in [-0.3, -0.25) is 0 Å². The largest absolute Gasteiger partial charge is 0.465 e. The molecule has 0 bridgehead atoms. The summed E-state index contributed by atoms with van der Waals surface area (Å²) in [6.07, 6.45) is 4.13. The maximum absolute atomic E-state index is 11.7. The summed E-state index contributed by atoms with van der Waals surface area (Å²) in [5.74, 6) is -0.365. The Bertz CT molecular complexity index is 456. The molecule has 19 heavy (non-hydrogen) atoms. The molecule has 5 nitrogen and oxygen atoms in total. The van der Waals surface area contributed by atoms with E-state index in [0.29, 0.717) is 16.6 Å². The molecular weight excluding hydrogens is 282 g/mol. The van der Waals surface area contributed by atoms with Crippen LogP contribution in [0.2, 0.25) is 0 Å². The number of nitrogens with one attached hydrogen (secondary N) is 2. The van der Waals surface area contributed by atoms with Crippen LogP contribution in [-0.2, 0) is 4.74 Å². The molecule has 106 valence electrons. The van der Waals surface area contributed by atoms with E-state index in [1.54, 1.807) is 11.8 Å². The summed E-state index contributed by atoms with van der Waals surface area (Å²) in [7, 11) is 1.38. The number of ether oxygens (including phenoxy) is 1. The molecule has 0 radical (unpaired) electrons. The van der Waals surface area contributed by atoms with Gasteiger partial charge >= 0.3 is 5.97 Å². The van der Waals surface area contributed by atoms with E-state index in [-0.39, 0.29) is 5.97 Å². The van der Waals surface area contributed by atoms with Crippen LogP contribution in [-0.4, -0.2) is 38.5 Å². The van der Waals surface area contributed by atoms with Crippen LogP contribution in [0.15, 0.2) is 4.90 Å². The summed E-state index contributed by atoms with van der Waals surface area (Å²) >= 11 is 2.94. The topological polar surface area (TPSA) is 76.4 Å². The Kier molecular flexibility index (Phi) is 4.95. The average Bonchev–Trinajstić information content (AvgIpc) is 2.75. The number of thioether (sulfide) groups is 1. The van der Waals surface area contributed by atoms with E-state index in [1.807, 2.05) is 6.26 Å². The van der Waals surface area contributed by atoms with E-state index in [2.05, 4.69) is 10.6 Å². The zero-order chi connectivity index (χ0) is 13.8. The minimum Gasteiger partial charge on any atom is -0.465 e. The second-order valence-electron chi connectivity index (χ2n) is 4.37. The highest BCUT2D eigenvalue weighted by Gasteiger charge is 2.23. The molecule has 1 aromatic rings. The summed E-state index contributed by atoms with van der Waals surface area (Å²) in [5.41, 5.74) is 6.56. The zero-order valence-corrected chi connectivity index (χ0v) is 12.7. The van der Waals surface area contributed by atoms with Crippen LogP contribution in [0, 0.1) is 0 Å². The molecule has 1 aliphatic heterocycles. The van der Waals surface area contributed by atoms with Crippen molar-refractivity contribution >= 4 is 39.8 Å². The lowest BCUT2D eigenvalue weighted by Gasteiger charge is -2.24. The molecule has 0 unspecified atom stereocenters. The fourth-order valence-electron chi connectivity index (χ4n) is 2.12. The Morgan fingerprint density at radius 3 is 2.79 bits per heavy atom. The number of rotatable bonds is 4. The van der Waals surface area contributed by atoms with Gasteiger partial charge in [0.25, 0.3) is 0 Å². The smallest absolute Gasteiger partial charge is 0.350 e. The quantitative estimate of drug-likeness (QED) is 0.583. The van der Waals surface area contributed by atoms with E-state index >= 15 is 0 Å². The van der Waals surface area contributed by atoms with Gasteiger partial charge in [-0.25, -0.2) is 4.79 Å². The van der Waals surface area contributed by atoms with Crippen molar-refractivity contribution in [3.63, 3.8) is 0 Å². The molecule has 0 atom stereocenters. The van der Waals surface area contributed by atoms with Gasteiger partial charge in [0.05, 0.1) is 17.7 Å². The van der Waals surface area contributed by atoms with Crippen molar-refractivity contribution < 1.29 is 9.53 Å². The number of nitrogens with two attached hydrogens (primary N) is 1. The van der Waals surface area contributed by atoms with Crippen LogP contribution < -0.4 is 16.4 Å². The molecule has 0 amide bonds. The normalized spacial score (nSPS) is 16.3. The Labute approximate surface area is 121 Å². The van der Waals surface area contributed by atoms with E-state index in [9.17, 15) is 4.79 Å². The predicted octanol–water partition coefficient (Wildman–Crippen LogP) is 2.00. The Morgan fingerprint density at radius 1 is 1.53 bits per heavy atom. The van der Waals surface area contributed by atoms with E-state index in [1.165, 1.54) is 18.4 Å². The first-order valence-corrected chi connectivity index (χ1v) is 8.23. The lowest BCUT2D eigenvalue weighted by molar-refractivity contribution is 0.0607. The minimum atomic E-state index is -0.365. The van der Waals surface area contributed by atoms with Gasteiger partial charge in [-0.15, -0.1) is 23.1 Å². The molecule has 2 heterocycles. The fraction of sp³-hybridized carbons (Fsp3) is 0.583. The van der Waals surface area contributed by atoms with Crippen molar-refractivity contribution in [1.82, 2.24) is 5.32 Å². The summed E-state index contributed by atoms with van der Waals surface area (Å²) in [6, 6.07) is 0.440. The molecular formula is C12H19N3O2S2. The summed E-state index contributed by atoms with van der Waals surface area (Å²) in [5, 5.41) is 7.83. The number of anilines is 2. The van der Waals surface area contributed by atoms with E-state index < -0.39 is 0 Å². The Morgan fingerprint density at radius 2 is 2.21 bits per heavy atom. The van der Waals surface area contributed by atoms with Crippen LogP contribution in [0.4, 0.5) is 10.7 Å². The number of hydrogen-bond acceptors (Lipinski definition) is 7. The lowest BCUT2D eigenvalue weighted by Crippen LogP contribution is -2.35. The van der Waals surface area contributed by atoms with Gasteiger partial charge < -0.3 is 21.1 Å². The average molecular weight is 301 g/mol. The molecule has 1 fully saturated rings. The van der Waals surface area contributed by atoms with Crippen molar-refractivity contribution in [2.75, 3.05) is 37.5 Å². The van der Waals surface area contributed by atoms with Crippen LogP contribution >= 0.6 is 23.1 Å². The van der Waals surface area contributed by atoms with Crippen molar-refractivity contribution in [2.45, 2.75) is 23.8 Å². The number of nitrogen functional groups attached to an aromatic ring is 1. The van der Waals surface area contributed by atoms with Crippen LogP contribution in [0.5, 0.6) is 0 Å². The lowest BCUT2D eigenvalue weighted by atomic mass is 10.1. The number of esters is 1. The van der Waals surface area contributed by atoms with Crippen LogP contribution in [0.3, 0.4) is 0 Å². The first kappa shape index (κ1) is 14.5. The highest BCUT2D eigenvalue weighted by Crippen LogP contribution is 2.42. The first-order chi connectivity index (χ1) is 9.17. The molecule has 1 aromatic heterocycles. The van der Waals surface area contributed by atoms with Gasteiger partial charge in [0, 0.05) is 6.04 Å². The van der Waals surface area contributed by atoms with Gasteiger partial charge in [0.15, 0.2) is 0 Å². The summed E-state index contributed by atoms with van der Waals surface area (Å²) in [6.45, 7) is 2.05. The molecule has 0 saturated carbocycles. The molecule has 7 heteroatoms. The molecule has 2 rings (SSSR count). The number of thiophene rings is 1. The third-order valence-corrected chi connectivity index (χ3v) is 5.23. The van der Waals surface area contributed by atoms with Crippen molar-refractivity contribution in [1.29, 1.82) is 0 Å². The predicted molar refractivity (Wildman–Crippen MR) is 81.4 cm³/mol. The third-order valence-electron chi connectivity index (χ3n) is 3.15. The third kappa shape index (κ3) is 3.16. The minimum absolute atomic E-state index is 0.365. The zero-order valence-electron chi connectivity index (χ0n) is 11.1. The summed E-state index contributed by atoms with van der Waals surface area (Å²) in [4.78, 5) is 13.1. The number of methoxy groups -OCH3 is 1. The molecule has 0 spiro atoms. The maximum atomic E-state index is 11.7. The van der Waals surface area contributed by atoms with Crippen molar-refractivity contribution in [3.8, 4) is 0 Å². The molecule has 1 aliphatic rings. The van der Waals surface area contributed by atoms with Crippen LogP contribution in [0.1, 0.15) is 22.5 Å². The van der Waals surface area contributed by atoms with Crippen LogP contribution in [0.25, 0.3) is 0 Å². The highest BCUT2D eigenvalue weighted by atomic mass is 32.2. The SMILES string of the molecule is COC(=O)c1sc(NC2CCNCC2)c(SC)c1N. The Balaban J connectivity index is 2.21. The number of piperidine rings is 1. The molecule has 0 aliphatic carbocycles. The number of carbonyl (C=O) groups excluding carboxylic acids is 1. The fourth-order valence-corrected chi connectivity index (χ4v) is 4.14. The Hall–Kier alpha value is -0.920. The number of hydrogen-bond donors (Lipinski definition) is 3. The van der Waals surface area contributed by atoms with Crippen molar-refractivity contribution in [2.24, 2.45) is 0 Å². The molecule has 0 aromatic carbocycles. The van der Waals surface area contributed by atoms with Crippen molar-refractivity contribution in [3.05, 3.63) is 4.88 Å². The van der Waals surface area contributed by atoms with Gasteiger partial charge in [-0.05, 0) is 32.2 Å². The second-order valence-corrected chi connectivity index (χ2v) is 6.20. The first-order valence-electron chi connectivity index (χ1n) is 6.19. The standard InChI is InChI=1S/C12H19N3O2S2/c1-17-12(16)10-8(13)9(18-2)11(19-10)15-7-3-5-14-6-4-7/h7,14-15H,3-6,13H2,1-2H3. The van der Waals surface area contributed by atoms with E-state index in [4.69, 9.17) is 10.5 Å². The second kappa shape index (κ2) is 6.49. The van der Waals surface area contributed by atoms with Gasteiger partial charge in [-0.2, -0.15) is 0 Å². The summed E-state index contributed by atoms with van der Waals surface area (Å²) < 4.78 is 4.76.